The summed E-state index contributed by atoms with van der Waals surface area (Å²) >= 11 is 0. The monoisotopic (exact) mass is 256 g/mol. The summed E-state index contributed by atoms with van der Waals surface area (Å²) in [4.78, 5) is 31.6. The van der Waals surface area contributed by atoms with Crippen molar-refractivity contribution in [1.82, 2.24) is 0 Å². The largest absolute Gasteiger partial charge is 0.480 e. The molecule has 3 N–H and O–H groups in total. The van der Waals surface area contributed by atoms with Crippen LogP contribution in [0.4, 0.5) is 0 Å². The lowest BCUT2D eigenvalue weighted by Crippen LogP contribution is -2.46. The molecule has 0 spiro atoms. The molecule has 0 saturated carbocycles. The summed E-state index contributed by atoms with van der Waals surface area (Å²) in [5.74, 6) is -5.52. The van der Waals surface area contributed by atoms with Gasteiger partial charge in [-0.05, 0) is 6.42 Å². The molecular formula is C7H14O6P2. The highest BCUT2D eigenvalue weighted by Gasteiger charge is 2.53. The Bertz CT molecular complexity index is 216. The van der Waals surface area contributed by atoms with Crippen LogP contribution in [0.15, 0.2) is 0 Å². The van der Waals surface area contributed by atoms with Crippen molar-refractivity contribution in [1.29, 1.82) is 0 Å². The van der Waals surface area contributed by atoms with Gasteiger partial charge in [0.1, 0.15) is 0 Å². The van der Waals surface area contributed by atoms with E-state index < -0.39 is 29.7 Å². The van der Waals surface area contributed by atoms with Gasteiger partial charge in [0.15, 0.2) is 0 Å². The minimum absolute atomic E-state index is 0.172. The van der Waals surface area contributed by atoms with Gasteiger partial charge in [0.25, 0.3) is 5.41 Å². The molecule has 15 heavy (non-hydrogen) atoms. The molecule has 0 aromatic rings. The third-order valence-electron chi connectivity index (χ3n) is 1.72. The number of rotatable bonds is 5. The maximum atomic E-state index is 10.5. The molecule has 0 bridgehead atoms. The van der Waals surface area contributed by atoms with E-state index in [0.717, 1.165) is 0 Å². The SMILES string of the molecule is CCCC(C(=O)O)(C(=O)O)C(=O)O.PP. The molecular weight excluding hydrogens is 242 g/mol. The zero-order valence-electron chi connectivity index (χ0n) is 8.14. The predicted molar refractivity (Wildman–Crippen MR) is 59.7 cm³/mol. The van der Waals surface area contributed by atoms with Crippen molar-refractivity contribution >= 4 is 35.8 Å². The average Bonchev–Trinajstić information content (AvgIpc) is 2.15. The zero-order valence-corrected chi connectivity index (χ0v) is 10.4. The Hall–Kier alpha value is -0.730. The van der Waals surface area contributed by atoms with Crippen LogP contribution in [0, 0.1) is 5.41 Å². The smallest absolute Gasteiger partial charge is 0.332 e. The Morgan fingerprint density at radius 3 is 1.33 bits per heavy atom. The van der Waals surface area contributed by atoms with Gasteiger partial charge in [-0.15, -0.1) is 17.9 Å². The fourth-order valence-corrected chi connectivity index (χ4v) is 0.970. The van der Waals surface area contributed by atoms with E-state index in [1.165, 1.54) is 6.92 Å². The average molecular weight is 256 g/mol. The van der Waals surface area contributed by atoms with Crippen LogP contribution in [0.5, 0.6) is 0 Å². The highest BCUT2D eigenvalue weighted by molar-refractivity contribution is 7.92. The first-order chi connectivity index (χ1) is 6.89. The summed E-state index contributed by atoms with van der Waals surface area (Å²) in [6, 6.07) is 0. The number of hydrogen-bond donors (Lipinski definition) is 3. The lowest BCUT2D eigenvalue weighted by Gasteiger charge is -2.18. The Kier molecular flexibility index (Phi) is 8.40. The number of carboxylic acid groups (broad SMARTS) is 3. The molecule has 88 valence electrons. The quantitative estimate of drug-likeness (QED) is 0.492. The Morgan fingerprint density at radius 2 is 1.27 bits per heavy atom. The van der Waals surface area contributed by atoms with Crippen molar-refractivity contribution in [2.24, 2.45) is 5.41 Å². The molecule has 0 aromatic carbocycles. The molecule has 2 atom stereocenters. The second-order valence-electron chi connectivity index (χ2n) is 2.57. The van der Waals surface area contributed by atoms with Crippen LogP contribution in [0.3, 0.4) is 0 Å². The van der Waals surface area contributed by atoms with E-state index in [2.05, 4.69) is 17.9 Å². The molecule has 2 unspecified atom stereocenters. The minimum atomic E-state index is -2.70. The molecule has 6 nitrogen and oxygen atoms in total. The molecule has 0 aliphatic heterocycles. The fourth-order valence-electron chi connectivity index (χ4n) is 0.970. The van der Waals surface area contributed by atoms with Gasteiger partial charge in [-0.3, -0.25) is 14.4 Å². The summed E-state index contributed by atoms with van der Waals surface area (Å²) in [5.41, 5.74) is -2.70. The summed E-state index contributed by atoms with van der Waals surface area (Å²) in [6.45, 7) is 1.52. The van der Waals surface area contributed by atoms with Gasteiger partial charge in [0, 0.05) is 0 Å². The molecule has 0 heterocycles. The van der Waals surface area contributed by atoms with E-state index in [9.17, 15) is 14.4 Å². The number of carbonyl (C=O) groups is 3. The van der Waals surface area contributed by atoms with Crippen LogP contribution >= 0.6 is 17.9 Å². The third-order valence-corrected chi connectivity index (χ3v) is 1.72. The van der Waals surface area contributed by atoms with Crippen molar-refractivity contribution < 1.29 is 29.7 Å². The van der Waals surface area contributed by atoms with Gasteiger partial charge < -0.3 is 15.3 Å². The lowest BCUT2D eigenvalue weighted by molar-refractivity contribution is -0.176. The lowest BCUT2D eigenvalue weighted by atomic mass is 9.83. The Balaban J connectivity index is 0. The maximum Gasteiger partial charge on any atom is 0.332 e. The van der Waals surface area contributed by atoms with E-state index in [-0.39, 0.29) is 6.42 Å². The fraction of sp³-hybridized carbons (Fsp3) is 0.571. The highest BCUT2D eigenvalue weighted by Crippen LogP contribution is 2.25. The molecule has 0 aromatic heterocycles. The van der Waals surface area contributed by atoms with Gasteiger partial charge in [-0.25, -0.2) is 0 Å². The van der Waals surface area contributed by atoms with Gasteiger partial charge in [-0.2, -0.15) is 0 Å². The molecule has 0 radical (unpaired) electrons. The maximum absolute atomic E-state index is 10.5. The molecule has 0 fully saturated rings. The van der Waals surface area contributed by atoms with E-state index in [0.29, 0.717) is 0 Å². The summed E-state index contributed by atoms with van der Waals surface area (Å²) in [6.07, 6.45) is -0.252. The first-order valence-corrected chi connectivity index (χ1v) is 6.59. The van der Waals surface area contributed by atoms with E-state index in [1.807, 2.05) is 0 Å². The molecule has 0 saturated heterocycles. The van der Waals surface area contributed by atoms with Gasteiger partial charge >= 0.3 is 17.9 Å². The minimum Gasteiger partial charge on any atom is -0.480 e. The van der Waals surface area contributed by atoms with Gasteiger partial charge in [0.05, 0.1) is 0 Å². The predicted octanol–water partition coefficient (Wildman–Crippen LogP) is 0.678. The van der Waals surface area contributed by atoms with Crippen LogP contribution in [0.2, 0.25) is 0 Å². The Labute approximate surface area is 91.4 Å². The number of hydrogen-bond acceptors (Lipinski definition) is 3. The first-order valence-electron chi connectivity index (χ1n) is 3.93. The number of carboxylic acids is 3. The van der Waals surface area contributed by atoms with Crippen molar-refractivity contribution in [3.8, 4) is 0 Å². The normalized spacial score (nSPS) is 9.80. The summed E-state index contributed by atoms with van der Waals surface area (Å²) in [7, 11) is 4.67. The molecule has 0 amide bonds. The van der Waals surface area contributed by atoms with Crippen LogP contribution < -0.4 is 0 Å². The van der Waals surface area contributed by atoms with E-state index in [4.69, 9.17) is 15.3 Å². The first kappa shape index (κ1) is 16.7. The summed E-state index contributed by atoms with van der Waals surface area (Å²) in [5, 5.41) is 25.6. The zero-order chi connectivity index (χ0) is 12.6. The van der Waals surface area contributed by atoms with Crippen LogP contribution in [-0.2, 0) is 14.4 Å². The van der Waals surface area contributed by atoms with Gasteiger partial charge in [-0.1, -0.05) is 13.3 Å². The van der Waals surface area contributed by atoms with Crippen molar-refractivity contribution in [2.75, 3.05) is 0 Å². The summed E-state index contributed by atoms with van der Waals surface area (Å²) < 4.78 is 0. The van der Waals surface area contributed by atoms with Crippen LogP contribution in [0.25, 0.3) is 0 Å². The molecule has 0 aliphatic carbocycles. The van der Waals surface area contributed by atoms with E-state index >= 15 is 0 Å². The second-order valence-corrected chi connectivity index (χ2v) is 2.57. The van der Waals surface area contributed by atoms with Crippen molar-refractivity contribution in [3.63, 3.8) is 0 Å². The second kappa shape index (κ2) is 7.55. The number of aliphatic carboxylic acids is 3. The topological polar surface area (TPSA) is 112 Å². The van der Waals surface area contributed by atoms with Crippen LogP contribution in [-0.4, -0.2) is 33.2 Å². The van der Waals surface area contributed by atoms with Gasteiger partial charge in [0.2, 0.25) is 0 Å². The van der Waals surface area contributed by atoms with Crippen molar-refractivity contribution in [3.05, 3.63) is 0 Å². The third kappa shape index (κ3) is 3.73. The highest BCUT2D eigenvalue weighted by atomic mass is 32.0. The standard InChI is InChI=1S/C7H10O6.H4P2/c1-2-3-7(4(8)9,5(10)11)6(12)13;1-2/h2-3H2,1H3,(H,8,9)(H,10,11)(H,12,13);1-2H2. The Morgan fingerprint density at radius 1 is 1.00 bits per heavy atom. The molecule has 8 heteroatoms. The van der Waals surface area contributed by atoms with E-state index in [1.54, 1.807) is 0 Å². The van der Waals surface area contributed by atoms with Crippen LogP contribution in [0.1, 0.15) is 19.8 Å². The molecule has 0 rings (SSSR count). The molecule has 0 aliphatic rings. The van der Waals surface area contributed by atoms with Crippen molar-refractivity contribution in [2.45, 2.75) is 19.8 Å².